The lowest BCUT2D eigenvalue weighted by atomic mass is 10.1. The van der Waals surface area contributed by atoms with Gasteiger partial charge in [0.15, 0.2) is 5.75 Å². The molecular weight excluding hydrogens is 272 g/mol. The minimum absolute atomic E-state index is 0.0334. The van der Waals surface area contributed by atoms with E-state index in [2.05, 4.69) is 11.4 Å². The van der Waals surface area contributed by atoms with Gasteiger partial charge in [0, 0.05) is 12.1 Å². The summed E-state index contributed by atoms with van der Waals surface area (Å²) in [5.41, 5.74) is -1.08. The fraction of sp³-hybridized carbons (Fsp3) is 0.429. The van der Waals surface area contributed by atoms with Gasteiger partial charge in [-0.15, -0.1) is 0 Å². The lowest BCUT2D eigenvalue weighted by Crippen LogP contribution is -2.49. The highest BCUT2D eigenvalue weighted by Gasteiger charge is 2.27. The third-order valence-electron chi connectivity index (χ3n) is 2.66. The highest BCUT2D eigenvalue weighted by Crippen LogP contribution is 2.28. The molecule has 0 aliphatic carbocycles. The van der Waals surface area contributed by atoms with Crippen molar-refractivity contribution in [2.45, 2.75) is 32.4 Å². The van der Waals surface area contributed by atoms with Crippen molar-refractivity contribution in [3.8, 4) is 17.9 Å². The van der Waals surface area contributed by atoms with Crippen LogP contribution in [-0.4, -0.2) is 23.1 Å². The highest BCUT2D eigenvalue weighted by atomic mass is 16.6. The topological polar surface area (TPSA) is 112 Å². The maximum Gasteiger partial charge on any atom is 0.312 e. The molecule has 7 nitrogen and oxygen atoms in total. The zero-order chi connectivity index (χ0) is 16.0. The maximum absolute atomic E-state index is 11.0. The van der Waals surface area contributed by atoms with E-state index in [-0.39, 0.29) is 29.6 Å². The largest absolute Gasteiger partial charge is 0.484 e. The fourth-order valence-electron chi connectivity index (χ4n) is 1.82. The molecule has 0 saturated heterocycles. The predicted octanol–water partition coefficient (Wildman–Crippen LogP) is 2.13. The van der Waals surface area contributed by atoms with Gasteiger partial charge < -0.3 is 4.74 Å². The normalized spacial score (nSPS) is 13.0. The van der Waals surface area contributed by atoms with Crippen LogP contribution in [0.1, 0.15) is 26.3 Å². The molecule has 0 spiro atoms. The van der Waals surface area contributed by atoms with E-state index in [1.807, 2.05) is 19.9 Å². The van der Waals surface area contributed by atoms with E-state index in [0.717, 1.165) is 6.07 Å². The second-order valence-corrected chi connectivity index (χ2v) is 5.08. The number of nitrogens with zero attached hydrogens (tertiary/aromatic N) is 3. The smallest absolute Gasteiger partial charge is 0.312 e. The quantitative estimate of drug-likeness (QED) is 0.633. The number of nitro benzene ring substituents is 1. The summed E-state index contributed by atoms with van der Waals surface area (Å²) in [7, 11) is 0. The van der Waals surface area contributed by atoms with E-state index >= 15 is 0 Å². The van der Waals surface area contributed by atoms with Crippen molar-refractivity contribution < 1.29 is 9.66 Å². The van der Waals surface area contributed by atoms with Crippen molar-refractivity contribution in [1.82, 2.24) is 5.32 Å². The molecule has 7 heteroatoms. The number of hydrogen-bond donors (Lipinski definition) is 1. The lowest BCUT2D eigenvalue weighted by molar-refractivity contribution is -0.385. The molecule has 0 bridgehead atoms. The Morgan fingerprint density at radius 1 is 1.48 bits per heavy atom. The van der Waals surface area contributed by atoms with Crippen molar-refractivity contribution in [2.75, 3.05) is 6.61 Å². The molecule has 1 aromatic carbocycles. The third kappa shape index (κ3) is 4.44. The van der Waals surface area contributed by atoms with Gasteiger partial charge in [-0.1, -0.05) is 0 Å². The van der Waals surface area contributed by atoms with Gasteiger partial charge in [0.05, 0.1) is 22.6 Å². The average molecular weight is 288 g/mol. The monoisotopic (exact) mass is 288 g/mol. The van der Waals surface area contributed by atoms with Crippen molar-refractivity contribution >= 4 is 5.69 Å². The molecule has 0 heterocycles. The third-order valence-corrected chi connectivity index (χ3v) is 2.66. The summed E-state index contributed by atoms with van der Waals surface area (Å²) in [5, 5.41) is 32.0. The molecule has 0 saturated carbocycles. The number of nitrogens with one attached hydrogen (secondary N) is 1. The van der Waals surface area contributed by atoms with Crippen molar-refractivity contribution in [1.29, 1.82) is 10.5 Å². The molecule has 0 radical (unpaired) electrons. The van der Waals surface area contributed by atoms with E-state index in [4.69, 9.17) is 10.00 Å². The van der Waals surface area contributed by atoms with Crippen molar-refractivity contribution in [3.63, 3.8) is 0 Å². The van der Waals surface area contributed by atoms with Crippen LogP contribution < -0.4 is 10.1 Å². The molecule has 0 amide bonds. The fourth-order valence-corrected chi connectivity index (χ4v) is 1.82. The Labute approximate surface area is 122 Å². The summed E-state index contributed by atoms with van der Waals surface area (Å²) >= 11 is 0. The molecule has 1 aromatic rings. The number of rotatable bonds is 6. The molecular formula is C14H16N4O3. The van der Waals surface area contributed by atoms with Crippen LogP contribution in [0.3, 0.4) is 0 Å². The van der Waals surface area contributed by atoms with Crippen LogP contribution >= 0.6 is 0 Å². The molecule has 1 rings (SSSR count). The van der Waals surface area contributed by atoms with Crippen molar-refractivity contribution in [2.24, 2.45) is 0 Å². The highest BCUT2D eigenvalue weighted by molar-refractivity contribution is 5.51. The van der Waals surface area contributed by atoms with E-state index in [1.54, 1.807) is 6.92 Å². The second kappa shape index (κ2) is 6.69. The second-order valence-electron chi connectivity index (χ2n) is 5.08. The van der Waals surface area contributed by atoms with E-state index in [0.29, 0.717) is 0 Å². The van der Waals surface area contributed by atoms with Crippen LogP contribution in [-0.2, 0) is 0 Å². The Morgan fingerprint density at radius 2 is 2.14 bits per heavy atom. The number of nitro groups is 1. The van der Waals surface area contributed by atoms with Gasteiger partial charge in [-0.05, 0) is 32.9 Å². The SMILES string of the molecule is CC(C)NC(C)(C#N)COc1ccc(C#N)cc1[N+](=O)[O-]. The van der Waals surface area contributed by atoms with Gasteiger partial charge in [-0.3, -0.25) is 15.4 Å². The summed E-state index contributed by atoms with van der Waals surface area (Å²) in [6.45, 7) is 5.39. The van der Waals surface area contributed by atoms with Crippen LogP contribution in [0.4, 0.5) is 5.69 Å². The molecule has 0 fully saturated rings. The first kappa shape index (κ1) is 16.4. The van der Waals surface area contributed by atoms with Gasteiger partial charge >= 0.3 is 5.69 Å². The molecule has 110 valence electrons. The molecule has 0 aliphatic heterocycles. The summed E-state index contributed by atoms with van der Waals surface area (Å²) in [6, 6.07) is 7.94. The van der Waals surface area contributed by atoms with Gasteiger partial charge in [-0.2, -0.15) is 10.5 Å². The van der Waals surface area contributed by atoms with E-state index in [1.165, 1.54) is 12.1 Å². The number of ether oxygens (including phenoxy) is 1. The van der Waals surface area contributed by atoms with Gasteiger partial charge in [0.1, 0.15) is 12.1 Å². The average Bonchev–Trinajstić information content (AvgIpc) is 2.44. The first-order chi connectivity index (χ1) is 9.81. The Morgan fingerprint density at radius 3 is 2.62 bits per heavy atom. The number of nitriles is 2. The summed E-state index contributed by atoms with van der Waals surface area (Å²) in [6.07, 6.45) is 0. The number of hydrogen-bond acceptors (Lipinski definition) is 6. The lowest BCUT2D eigenvalue weighted by Gasteiger charge is -2.25. The van der Waals surface area contributed by atoms with Crippen LogP contribution in [0, 0.1) is 32.8 Å². The standard InChI is InChI=1S/C14H16N4O3/c1-10(2)17-14(3,8-16)9-21-13-5-4-11(7-15)6-12(13)18(19)20/h4-6,10,17H,9H2,1-3H3. The van der Waals surface area contributed by atoms with Crippen LogP contribution in [0.2, 0.25) is 0 Å². The Hall–Kier alpha value is -2.64. The number of benzene rings is 1. The molecule has 0 aliphatic rings. The molecule has 1 unspecified atom stereocenters. The zero-order valence-electron chi connectivity index (χ0n) is 12.1. The Kier molecular flexibility index (Phi) is 5.23. The molecule has 0 aromatic heterocycles. The minimum atomic E-state index is -0.962. The molecule has 1 N–H and O–H groups in total. The summed E-state index contributed by atoms with van der Waals surface area (Å²) in [4.78, 5) is 10.4. The summed E-state index contributed by atoms with van der Waals surface area (Å²) in [5.74, 6) is 0.0334. The van der Waals surface area contributed by atoms with E-state index < -0.39 is 10.5 Å². The van der Waals surface area contributed by atoms with Gasteiger partial charge in [0.2, 0.25) is 0 Å². The predicted molar refractivity (Wildman–Crippen MR) is 75.6 cm³/mol. The van der Waals surface area contributed by atoms with Crippen LogP contribution in [0.15, 0.2) is 18.2 Å². The first-order valence-electron chi connectivity index (χ1n) is 6.31. The molecule has 21 heavy (non-hydrogen) atoms. The zero-order valence-corrected chi connectivity index (χ0v) is 12.1. The molecule has 1 atom stereocenters. The van der Waals surface area contributed by atoms with Gasteiger partial charge in [0.25, 0.3) is 0 Å². The first-order valence-corrected chi connectivity index (χ1v) is 6.31. The van der Waals surface area contributed by atoms with E-state index in [9.17, 15) is 15.4 Å². The summed E-state index contributed by atoms with van der Waals surface area (Å²) < 4.78 is 5.42. The minimum Gasteiger partial charge on any atom is -0.484 e. The van der Waals surface area contributed by atoms with Crippen LogP contribution in [0.5, 0.6) is 5.75 Å². The Bertz CT molecular complexity index is 616. The Balaban J connectivity index is 2.96. The van der Waals surface area contributed by atoms with Gasteiger partial charge in [-0.25, -0.2) is 0 Å². The maximum atomic E-state index is 11.0. The van der Waals surface area contributed by atoms with Crippen LogP contribution in [0.25, 0.3) is 0 Å². The van der Waals surface area contributed by atoms with Crippen molar-refractivity contribution in [3.05, 3.63) is 33.9 Å².